The van der Waals surface area contributed by atoms with Crippen molar-refractivity contribution in [2.45, 2.75) is 19.4 Å². The fourth-order valence-electron chi connectivity index (χ4n) is 1.09. The first-order chi connectivity index (χ1) is 6.32. The van der Waals surface area contributed by atoms with Crippen LogP contribution in [0.3, 0.4) is 0 Å². The van der Waals surface area contributed by atoms with E-state index in [9.17, 15) is 4.79 Å². The Kier molecular flexibility index (Phi) is 2.83. The summed E-state index contributed by atoms with van der Waals surface area (Å²) in [5.41, 5.74) is 6.11. The molecule has 0 fully saturated rings. The molecule has 1 aromatic carbocycles. The second-order valence-electron chi connectivity index (χ2n) is 3.72. The molecule has 0 bridgehead atoms. The Morgan fingerprint density at radius 2 is 2.07 bits per heavy atom. The van der Waals surface area contributed by atoms with Crippen LogP contribution in [0.25, 0.3) is 0 Å². The zero-order valence-electron chi connectivity index (χ0n) is 8.04. The second kappa shape index (κ2) is 3.59. The fourth-order valence-corrected chi connectivity index (χ4v) is 1.29. The van der Waals surface area contributed by atoms with Crippen molar-refractivity contribution in [2.75, 3.05) is 0 Å². The van der Waals surface area contributed by atoms with Gasteiger partial charge >= 0.3 is 5.97 Å². The van der Waals surface area contributed by atoms with Gasteiger partial charge in [0.05, 0.1) is 10.6 Å². The largest absolute Gasteiger partial charge is 0.478 e. The molecule has 0 aliphatic rings. The van der Waals surface area contributed by atoms with E-state index in [2.05, 4.69) is 0 Å². The first-order valence-corrected chi connectivity index (χ1v) is 4.52. The quantitative estimate of drug-likeness (QED) is 0.792. The normalized spacial score (nSPS) is 11.4. The van der Waals surface area contributed by atoms with E-state index < -0.39 is 11.5 Å². The van der Waals surface area contributed by atoms with Crippen LogP contribution in [0.1, 0.15) is 29.8 Å². The van der Waals surface area contributed by atoms with Crippen molar-refractivity contribution in [2.24, 2.45) is 5.73 Å². The summed E-state index contributed by atoms with van der Waals surface area (Å²) in [6, 6.07) is 4.79. The molecule has 3 N–H and O–H groups in total. The highest BCUT2D eigenvalue weighted by atomic mass is 35.5. The summed E-state index contributed by atoms with van der Waals surface area (Å²) in [5.74, 6) is -1.04. The molecule has 0 saturated heterocycles. The van der Waals surface area contributed by atoms with Gasteiger partial charge in [0.25, 0.3) is 0 Å². The third kappa shape index (κ3) is 2.25. The molecule has 0 unspecified atom stereocenters. The average molecular weight is 214 g/mol. The van der Waals surface area contributed by atoms with Gasteiger partial charge in [-0.25, -0.2) is 4.79 Å². The number of carbonyl (C=O) groups is 1. The number of carboxylic acid groups (broad SMARTS) is 1. The Labute approximate surface area is 87.5 Å². The Hall–Kier alpha value is -1.06. The van der Waals surface area contributed by atoms with E-state index >= 15 is 0 Å². The minimum absolute atomic E-state index is 0.0858. The van der Waals surface area contributed by atoms with Crippen LogP contribution in [-0.2, 0) is 5.54 Å². The number of aromatic carboxylic acids is 1. The van der Waals surface area contributed by atoms with E-state index in [0.717, 1.165) is 5.56 Å². The standard InChI is InChI=1S/C10H12ClNO2/c1-10(2,12)6-3-4-8(11)7(5-6)9(13)14/h3-5H,12H2,1-2H3,(H,13,14). The van der Waals surface area contributed by atoms with Gasteiger partial charge in [0.2, 0.25) is 0 Å². The summed E-state index contributed by atoms with van der Waals surface area (Å²) in [7, 11) is 0. The maximum atomic E-state index is 10.8. The molecule has 14 heavy (non-hydrogen) atoms. The summed E-state index contributed by atoms with van der Waals surface area (Å²) in [4.78, 5) is 10.8. The molecular formula is C10H12ClNO2. The van der Waals surface area contributed by atoms with E-state index in [0.29, 0.717) is 0 Å². The van der Waals surface area contributed by atoms with E-state index in [1.165, 1.54) is 6.07 Å². The molecule has 0 aromatic heterocycles. The van der Waals surface area contributed by atoms with Crippen LogP contribution in [0.4, 0.5) is 0 Å². The van der Waals surface area contributed by atoms with E-state index in [1.54, 1.807) is 12.1 Å². The zero-order valence-corrected chi connectivity index (χ0v) is 8.80. The molecule has 76 valence electrons. The van der Waals surface area contributed by atoms with Gasteiger partial charge in [0.1, 0.15) is 0 Å². The molecule has 0 radical (unpaired) electrons. The predicted molar refractivity (Wildman–Crippen MR) is 55.6 cm³/mol. The van der Waals surface area contributed by atoms with Crippen LogP contribution in [0.15, 0.2) is 18.2 Å². The topological polar surface area (TPSA) is 63.3 Å². The monoisotopic (exact) mass is 213 g/mol. The van der Waals surface area contributed by atoms with Crippen molar-refractivity contribution in [1.29, 1.82) is 0 Å². The number of benzene rings is 1. The van der Waals surface area contributed by atoms with Crippen molar-refractivity contribution < 1.29 is 9.90 Å². The van der Waals surface area contributed by atoms with Crippen LogP contribution in [0.2, 0.25) is 5.02 Å². The summed E-state index contributed by atoms with van der Waals surface area (Å²) < 4.78 is 0. The SMILES string of the molecule is CC(C)(N)c1ccc(Cl)c(C(=O)O)c1. The third-order valence-electron chi connectivity index (χ3n) is 1.94. The Morgan fingerprint density at radius 3 is 2.50 bits per heavy atom. The number of rotatable bonds is 2. The van der Waals surface area contributed by atoms with E-state index in [4.69, 9.17) is 22.4 Å². The highest BCUT2D eigenvalue weighted by molar-refractivity contribution is 6.33. The summed E-state index contributed by atoms with van der Waals surface area (Å²) in [6.07, 6.45) is 0. The molecule has 1 aromatic rings. The number of nitrogens with two attached hydrogens (primary N) is 1. The summed E-state index contributed by atoms with van der Waals surface area (Å²) in [5, 5.41) is 9.06. The van der Waals surface area contributed by atoms with Crippen molar-refractivity contribution in [3.8, 4) is 0 Å². The van der Waals surface area contributed by atoms with Gasteiger partial charge in [-0.05, 0) is 31.5 Å². The van der Waals surface area contributed by atoms with Gasteiger partial charge in [-0.2, -0.15) is 0 Å². The molecule has 0 spiro atoms. The smallest absolute Gasteiger partial charge is 0.337 e. The molecule has 0 atom stereocenters. The van der Waals surface area contributed by atoms with Gasteiger partial charge in [-0.3, -0.25) is 0 Å². The van der Waals surface area contributed by atoms with Gasteiger partial charge < -0.3 is 10.8 Å². The maximum Gasteiger partial charge on any atom is 0.337 e. The van der Waals surface area contributed by atoms with Crippen LogP contribution in [0, 0.1) is 0 Å². The van der Waals surface area contributed by atoms with E-state index in [1.807, 2.05) is 13.8 Å². The summed E-state index contributed by atoms with van der Waals surface area (Å²) >= 11 is 5.72. The lowest BCUT2D eigenvalue weighted by Crippen LogP contribution is -2.28. The molecule has 0 amide bonds. The van der Waals surface area contributed by atoms with Gasteiger partial charge in [-0.1, -0.05) is 17.7 Å². The number of hydrogen-bond donors (Lipinski definition) is 2. The minimum Gasteiger partial charge on any atom is -0.478 e. The Morgan fingerprint density at radius 1 is 1.50 bits per heavy atom. The first kappa shape index (κ1) is 11.0. The fraction of sp³-hybridized carbons (Fsp3) is 0.300. The number of carboxylic acids is 1. The molecule has 0 saturated carbocycles. The summed E-state index contributed by atoms with van der Waals surface area (Å²) in [6.45, 7) is 3.61. The predicted octanol–water partition coefficient (Wildman–Crippen LogP) is 2.23. The first-order valence-electron chi connectivity index (χ1n) is 4.14. The molecule has 4 heteroatoms. The Bertz CT molecular complexity index is 369. The molecule has 0 aliphatic heterocycles. The van der Waals surface area contributed by atoms with Crippen molar-refractivity contribution in [3.05, 3.63) is 34.3 Å². The van der Waals surface area contributed by atoms with Crippen LogP contribution in [0.5, 0.6) is 0 Å². The minimum atomic E-state index is -1.04. The molecule has 0 aliphatic carbocycles. The van der Waals surface area contributed by atoms with Crippen LogP contribution >= 0.6 is 11.6 Å². The van der Waals surface area contributed by atoms with Gasteiger partial charge in [-0.15, -0.1) is 0 Å². The van der Waals surface area contributed by atoms with Crippen molar-refractivity contribution in [1.82, 2.24) is 0 Å². The van der Waals surface area contributed by atoms with Crippen molar-refractivity contribution in [3.63, 3.8) is 0 Å². The van der Waals surface area contributed by atoms with E-state index in [-0.39, 0.29) is 10.6 Å². The molecule has 1 rings (SSSR count). The van der Waals surface area contributed by atoms with Gasteiger partial charge in [0, 0.05) is 5.54 Å². The second-order valence-corrected chi connectivity index (χ2v) is 4.13. The Balaban J connectivity index is 3.27. The molecule has 0 heterocycles. The maximum absolute atomic E-state index is 10.8. The highest BCUT2D eigenvalue weighted by Crippen LogP contribution is 2.23. The van der Waals surface area contributed by atoms with Crippen molar-refractivity contribution >= 4 is 17.6 Å². The average Bonchev–Trinajstić information content (AvgIpc) is 2.02. The lowest BCUT2D eigenvalue weighted by atomic mass is 9.94. The highest BCUT2D eigenvalue weighted by Gasteiger charge is 2.17. The lowest BCUT2D eigenvalue weighted by Gasteiger charge is -2.19. The number of hydrogen-bond acceptors (Lipinski definition) is 2. The number of halogens is 1. The lowest BCUT2D eigenvalue weighted by molar-refractivity contribution is 0.0697. The third-order valence-corrected chi connectivity index (χ3v) is 2.27. The van der Waals surface area contributed by atoms with Gasteiger partial charge in [0.15, 0.2) is 0 Å². The van der Waals surface area contributed by atoms with Crippen LogP contribution in [-0.4, -0.2) is 11.1 Å². The van der Waals surface area contributed by atoms with Crippen LogP contribution < -0.4 is 5.73 Å². The molecular weight excluding hydrogens is 202 g/mol. The zero-order chi connectivity index (χ0) is 10.9. The molecule has 3 nitrogen and oxygen atoms in total.